The van der Waals surface area contributed by atoms with Crippen molar-refractivity contribution in [3.05, 3.63) is 62.7 Å². The van der Waals surface area contributed by atoms with Gasteiger partial charge in [0.05, 0.1) is 7.11 Å². The van der Waals surface area contributed by atoms with Gasteiger partial charge in [0.25, 0.3) is 0 Å². The van der Waals surface area contributed by atoms with Gasteiger partial charge in [-0.25, -0.2) is 4.79 Å². The summed E-state index contributed by atoms with van der Waals surface area (Å²) in [6.07, 6.45) is 0. The highest BCUT2D eigenvalue weighted by atomic mass is 127. The van der Waals surface area contributed by atoms with E-state index in [0.29, 0.717) is 5.02 Å². The van der Waals surface area contributed by atoms with Gasteiger partial charge < -0.3 is 10.1 Å². The smallest absolute Gasteiger partial charge is 0.335 e. The Morgan fingerprint density at radius 1 is 1.24 bits per heavy atom. The first-order valence-electron chi connectivity index (χ1n) is 6.34. The lowest BCUT2D eigenvalue weighted by Gasteiger charge is -2.29. The maximum absolute atomic E-state index is 12.3. The Balaban J connectivity index is 2.42. The Bertz CT molecular complexity index is 645. The molecule has 0 aromatic heterocycles. The third-order valence-corrected chi connectivity index (χ3v) is 4.19. The highest BCUT2D eigenvalue weighted by Gasteiger charge is 2.36. The van der Waals surface area contributed by atoms with Crippen LogP contribution in [-0.2, 0) is 15.1 Å². The molecule has 21 heavy (non-hydrogen) atoms. The van der Waals surface area contributed by atoms with Gasteiger partial charge in [0, 0.05) is 14.3 Å². The number of ether oxygens (including phenoxy) is 1. The zero-order chi connectivity index (χ0) is 15.5. The van der Waals surface area contributed by atoms with Crippen LogP contribution in [0.15, 0.2) is 48.5 Å². The number of halogens is 2. The Morgan fingerprint density at radius 2 is 1.90 bits per heavy atom. The predicted octanol–water partition coefficient (Wildman–Crippen LogP) is 4.44. The van der Waals surface area contributed by atoms with E-state index in [4.69, 9.17) is 16.3 Å². The van der Waals surface area contributed by atoms with Gasteiger partial charge in [0.15, 0.2) is 5.54 Å². The molecule has 0 saturated heterocycles. The van der Waals surface area contributed by atoms with Crippen molar-refractivity contribution in [3.8, 4) is 0 Å². The molecule has 2 aromatic carbocycles. The second-order valence-electron chi connectivity index (χ2n) is 4.76. The van der Waals surface area contributed by atoms with Crippen molar-refractivity contribution in [2.75, 3.05) is 12.4 Å². The molecule has 1 N–H and O–H groups in total. The average molecular weight is 416 g/mol. The second-order valence-corrected chi connectivity index (χ2v) is 6.44. The van der Waals surface area contributed by atoms with Gasteiger partial charge in [-0.05, 0) is 65.4 Å². The van der Waals surface area contributed by atoms with Crippen LogP contribution in [0, 0.1) is 3.57 Å². The molecule has 0 bridgehead atoms. The topological polar surface area (TPSA) is 38.3 Å². The number of carbonyl (C=O) groups is 1. The third kappa shape index (κ3) is 3.68. The van der Waals surface area contributed by atoms with E-state index in [1.54, 1.807) is 19.1 Å². The van der Waals surface area contributed by atoms with Crippen molar-refractivity contribution in [3.63, 3.8) is 0 Å². The van der Waals surface area contributed by atoms with Crippen LogP contribution < -0.4 is 5.32 Å². The van der Waals surface area contributed by atoms with Gasteiger partial charge in [-0.2, -0.15) is 0 Å². The minimum absolute atomic E-state index is 0.358. The molecule has 5 heteroatoms. The summed E-state index contributed by atoms with van der Waals surface area (Å²) < 4.78 is 6.07. The molecular formula is C16H15ClINO2. The molecule has 0 saturated carbocycles. The largest absolute Gasteiger partial charge is 0.467 e. The zero-order valence-corrected chi connectivity index (χ0v) is 14.6. The molecule has 1 atom stereocenters. The molecule has 0 aliphatic carbocycles. The van der Waals surface area contributed by atoms with E-state index in [-0.39, 0.29) is 5.97 Å². The highest BCUT2D eigenvalue weighted by Crippen LogP contribution is 2.29. The van der Waals surface area contributed by atoms with Crippen LogP contribution in [0.1, 0.15) is 12.5 Å². The number of hydrogen-bond acceptors (Lipinski definition) is 3. The van der Waals surface area contributed by atoms with E-state index in [9.17, 15) is 4.79 Å². The predicted molar refractivity (Wildman–Crippen MR) is 93.6 cm³/mol. The molecule has 0 heterocycles. The molecule has 0 aliphatic heterocycles. The van der Waals surface area contributed by atoms with E-state index in [1.165, 1.54) is 7.11 Å². The summed E-state index contributed by atoms with van der Waals surface area (Å²) in [7, 11) is 1.38. The Hall–Kier alpha value is -1.27. The van der Waals surface area contributed by atoms with E-state index >= 15 is 0 Å². The highest BCUT2D eigenvalue weighted by molar-refractivity contribution is 14.1. The monoisotopic (exact) mass is 415 g/mol. The van der Waals surface area contributed by atoms with Crippen molar-refractivity contribution in [2.45, 2.75) is 12.5 Å². The van der Waals surface area contributed by atoms with Gasteiger partial charge in [-0.1, -0.05) is 29.8 Å². The SMILES string of the molecule is COC(=O)C(C)(Nc1cccc(Cl)c1)c1ccc(I)cc1. The van der Waals surface area contributed by atoms with Gasteiger partial charge in [-0.15, -0.1) is 0 Å². The van der Waals surface area contributed by atoms with Crippen molar-refractivity contribution in [1.82, 2.24) is 0 Å². The van der Waals surface area contributed by atoms with E-state index in [0.717, 1.165) is 14.8 Å². The van der Waals surface area contributed by atoms with Gasteiger partial charge in [-0.3, -0.25) is 0 Å². The Labute approximate surface area is 142 Å². The van der Waals surface area contributed by atoms with Gasteiger partial charge in [0.2, 0.25) is 0 Å². The summed E-state index contributed by atoms with van der Waals surface area (Å²) in [5.41, 5.74) is 0.604. The lowest BCUT2D eigenvalue weighted by atomic mass is 9.91. The van der Waals surface area contributed by atoms with Crippen LogP contribution >= 0.6 is 34.2 Å². The van der Waals surface area contributed by atoms with Crippen molar-refractivity contribution >= 4 is 45.8 Å². The molecule has 0 fully saturated rings. The number of nitrogens with one attached hydrogen (secondary N) is 1. The van der Waals surface area contributed by atoms with Crippen LogP contribution in [0.5, 0.6) is 0 Å². The summed E-state index contributed by atoms with van der Waals surface area (Å²) in [6.45, 7) is 1.79. The molecule has 1 unspecified atom stereocenters. The zero-order valence-electron chi connectivity index (χ0n) is 11.7. The molecule has 110 valence electrons. The first-order valence-corrected chi connectivity index (χ1v) is 7.79. The quantitative estimate of drug-likeness (QED) is 0.592. The maximum Gasteiger partial charge on any atom is 0.335 e. The third-order valence-electron chi connectivity index (χ3n) is 3.23. The summed E-state index contributed by atoms with van der Waals surface area (Å²) >= 11 is 8.22. The Kier molecular flexibility index (Phi) is 5.11. The number of methoxy groups -OCH3 is 1. The maximum atomic E-state index is 12.3. The number of hydrogen-bond donors (Lipinski definition) is 1. The Morgan fingerprint density at radius 3 is 2.48 bits per heavy atom. The van der Waals surface area contributed by atoms with E-state index in [1.807, 2.05) is 36.4 Å². The lowest BCUT2D eigenvalue weighted by Crippen LogP contribution is -2.41. The molecule has 0 radical (unpaired) electrons. The van der Waals surface area contributed by atoms with Crippen LogP contribution in [0.25, 0.3) is 0 Å². The van der Waals surface area contributed by atoms with Gasteiger partial charge >= 0.3 is 5.97 Å². The number of esters is 1. The van der Waals surface area contributed by atoms with Crippen LogP contribution in [0.4, 0.5) is 5.69 Å². The number of benzene rings is 2. The molecule has 2 aromatic rings. The number of rotatable bonds is 4. The van der Waals surface area contributed by atoms with Crippen LogP contribution in [-0.4, -0.2) is 13.1 Å². The molecule has 3 nitrogen and oxygen atoms in total. The second kappa shape index (κ2) is 6.66. The van der Waals surface area contributed by atoms with E-state index < -0.39 is 5.54 Å². The molecule has 0 amide bonds. The van der Waals surface area contributed by atoms with Gasteiger partial charge in [0.1, 0.15) is 0 Å². The summed E-state index contributed by atoms with van der Waals surface area (Å²) in [5, 5.41) is 3.83. The lowest BCUT2D eigenvalue weighted by molar-refractivity contribution is -0.145. The van der Waals surface area contributed by atoms with Crippen LogP contribution in [0.3, 0.4) is 0 Å². The van der Waals surface area contributed by atoms with Crippen molar-refractivity contribution in [1.29, 1.82) is 0 Å². The first-order chi connectivity index (χ1) is 9.95. The molecular weight excluding hydrogens is 401 g/mol. The molecule has 0 spiro atoms. The van der Waals surface area contributed by atoms with Crippen LogP contribution in [0.2, 0.25) is 5.02 Å². The summed E-state index contributed by atoms with van der Waals surface area (Å²) in [4.78, 5) is 12.3. The van der Waals surface area contributed by atoms with E-state index in [2.05, 4.69) is 27.9 Å². The fourth-order valence-corrected chi connectivity index (χ4v) is 2.63. The molecule has 0 aliphatic rings. The minimum atomic E-state index is -0.982. The molecule has 2 rings (SSSR count). The average Bonchev–Trinajstić information content (AvgIpc) is 2.46. The normalized spacial score (nSPS) is 13.3. The fourth-order valence-electron chi connectivity index (χ4n) is 2.08. The fraction of sp³-hybridized carbons (Fsp3) is 0.188. The minimum Gasteiger partial charge on any atom is -0.467 e. The summed E-state index contributed by atoms with van der Waals surface area (Å²) in [5.74, 6) is -0.358. The van der Waals surface area contributed by atoms with Crippen molar-refractivity contribution in [2.24, 2.45) is 0 Å². The standard InChI is InChI=1S/C16H15ClINO2/c1-16(15(20)21-2,11-6-8-13(18)9-7-11)19-14-5-3-4-12(17)10-14/h3-10,19H,1-2H3. The van der Waals surface area contributed by atoms with Crippen molar-refractivity contribution < 1.29 is 9.53 Å². The number of anilines is 1. The number of carbonyl (C=O) groups excluding carboxylic acids is 1. The first kappa shape index (κ1) is 16.1. The summed E-state index contributed by atoms with van der Waals surface area (Å²) in [6, 6.07) is 15.0.